The zero-order valence-corrected chi connectivity index (χ0v) is 10.7. The van der Waals surface area contributed by atoms with E-state index < -0.39 is 0 Å². The van der Waals surface area contributed by atoms with Crippen molar-refractivity contribution in [2.45, 2.75) is 6.61 Å². The summed E-state index contributed by atoms with van der Waals surface area (Å²) in [5.41, 5.74) is 0.930. The number of hydrogen-bond donors (Lipinski definition) is 0. The molecule has 1 aromatic carbocycles. The number of aromatic nitrogens is 1. The Morgan fingerprint density at radius 3 is 2.62 bits per heavy atom. The number of rotatable bonds is 3. The Bertz CT molecular complexity index is 473. The predicted molar refractivity (Wildman–Crippen MR) is 67.7 cm³/mol. The van der Waals surface area contributed by atoms with E-state index in [-0.39, 0.29) is 0 Å². The van der Waals surface area contributed by atoms with E-state index in [1.54, 1.807) is 12.4 Å². The summed E-state index contributed by atoms with van der Waals surface area (Å²) in [5.74, 6) is 0.816. The molecule has 0 aliphatic heterocycles. The van der Waals surface area contributed by atoms with E-state index >= 15 is 0 Å². The van der Waals surface area contributed by atoms with Gasteiger partial charge in [0, 0.05) is 22.4 Å². The van der Waals surface area contributed by atoms with Gasteiger partial charge in [-0.1, -0.05) is 27.5 Å². The second-order valence-corrected chi connectivity index (χ2v) is 4.53. The number of benzene rings is 1. The normalized spacial score (nSPS) is 10.1. The topological polar surface area (TPSA) is 22.1 Å². The second kappa shape index (κ2) is 5.32. The molecule has 0 bridgehead atoms. The average Bonchev–Trinajstić information content (AvgIpc) is 2.30. The average molecular weight is 299 g/mol. The van der Waals surface area contributed by atoms with Gasteiger partial charge in [-0.2, -0.15) is 0 Å². The number of hydrogen-bond acceptors (Lipinski definition) is 2. The minimum Gasteiger partial charge on any atom is -0.489 e. The Hall–Kier alpha value is -1.06. The van der Waals surface area contributed by atoms with Crippen LogP contribution in [0.2, 0.25) is 5.02 Å². The maximum atomic E-state index is 5.97. The van der Waals surface area contributed by atoms with E-state index in [1.165, 1.54) is 0 Å². The van der Waals surface area contributed by atoms with Gasteiger partial charge in [-0.3, -0.25) is 4.98 Å². The monoisotopic (exact) mass is 297 g/mol. The highest BCUT2D eigenvalue weighted by atomic mass is 79.9. The van der Waals surface area contributed by atoms with Gasteiger partial charge in [-0.05, 0) is 30.3 Å². The third kappa shape index (κ3) is 2.97. The summed E-state index contributed by atoms with van der Waals surface area (Å²) in [4.78, 5) is 3.92. The molecule has 2 aromatic rings. The van der Waals surface area contributed by atoms with Gasteiger partial charge in [0.1, 0.15) is 12.4 Å². The summed E-state index contributed by atoms with van der Waals surface area (Å²) < 4.78 is 6.62. The molecule has 1 aromatic heterocycles. The first kappa shape index (κ1) is 11.4. The molecule has 0 unspecified atom stereocenters. The molecule has 2 nitrogen and oxygen atoms in total. The standard InChI is InChI=1S/C12H9BrClNO/c13-10-1-3-11(4-2-10)16-8-9-5-6-15-7-12(9)14/h1-7H,8H2. The molecule has 0 spiro atoms. The summed E-state index contributed by atoms with van der Waals surface area (Å²) in [6.45, 7) is 0.447. The van der Waals surface area contributed by atoms with Crippen LogP contribution in [0.5, 0.6) is 5.75 Å². The fourth-order valence-corrected chi connectivity index (χ4v) is 1.65. The van der Waals surface area contributed by atoms with Crippen LogP contribution in [0.25, 0.3) is 0 Å². The molecule has 0 N–H and O–H groups in total. The number of ether oxygens (including phenoxy) is 1. The van der Waals surface area contributed by atoms with Crippen molar-refractivity contribution >= 4 is 27.5 Å². The fourth-order valence-electron chi connectivity index (χ4n) is 1.21. The lowest BCUT2D eigenvalue weighted by atomic mass is 10.3. The van der Waals surface area contributed by atoms with Gasteiger partial charge in [0.2, 0.25) is 0 Å². The van der Waals surface area contributed by atoms with Crippen molar-refractivity contribution in [3.8, 4) is 5.75 Å². The molecule has 4 heteroatoms. The third-order valence-electron chi connectivity index (χ3n) is 2.06. The van der Waals surface area contributed by atoms with Crippen LogP contribution in [0.15, 0.2) is 47.2 Å². The van der Waals surface area contributed by atoms with Gasteiger partial charge in [-0.25, -0.2) is 0 Å². The van der Waals surface area contributed by atoms with Gasteiger partial charge >= 0.3 is 0 Å². The smallest absolute Gasteiger partial charge is 0.119 e. The highest BCUT2D eigenvalue weighted by molar-refractivity contribution is 9.10. The zero-order valence-electron chi connectivity index (χ0n) is 8.36. The van der Waals surface area contributed by atoms with Crippen molar-refractivity contribution < 1.29 is 4.74 Å². The lowest BCUT2D eigenvalue weighted by molar-refractivity contribution is 0.306. The molecule has 0 radical (unpaired) electrons. The van der Waals surface area contributed by atoms with Crippen molar-refractivity contribution in [1.29, 1.82) is 0 Å². The number of nitrogens with zero attached hydrogens (tertiary/aromatic N) is 1. The van der Waals surface area contributed by atoms with Gasteiger partial charge in [0.05, 0.1) is 5.02 Å². The molecule has 0 saturated carbocycles. The summed E-state index contributed by atoms with van der Waals surface area (Å²) >= 11 is 9.33. The third-order valence-corrected chi connectivity index (χ3v) is 2.93. The van der Waals surface area contributed by atoms with Crippen molar-refractivity contribution in [1.82, 2.24) is 4.98 Å². The fraction of sp³-hybridized carbons (Fsp3) is 0.0833. The minimum atomic E-state index is 0.447. The van der Waals surface area contributed by atoms with Crippen LogP contribution in [-0.4, -0.2) is 4.98 Å². The van der Waals surface area contributed by atoms with Gasteiger partial charge in [0.15, 0.2) is 0 Å². The molecule has 2 rings (SSSR count). The van der Waals surface area contributed by atoms with Crippen molar-refractivity contribution in [3.05, 3.63) is 57.8 Å². The summed E-state index contributed by atoms with van der Waals surface area (Å²) in [7, 11) is 0. The number of pyridine rings is 1. The van der Waals surface area contributed by atoms with Gasteiger partial charge in [0.25, 0.3) is 0 Å². The molecule has 82 valence electrons. The molecule has 0 amide bonds. The van der Waals surface area contributed by atoms with Crippen LogP contribution in [0.3, 0.4) is 0 Å². The highest BCUT2D eigenvalue weighted by Gasteiger charge is 2.00. The van der Waals surface area contributed by atoms with Gasteiger partial charge in [-0.15, -0.1) is 0 Å². The Labute approximate surface area is 107 Å². The molecule has 0 aliphatic carbocycles. The zero-order chi connectivity index (χ0) is 11.4. The second-order valence-electron chi connectivity index (χ2n) is 3.21. The highest BCUT2D eigenvalue weighted by Crippen LogP contribution is 2.19. The molecule has 1 heterocycles. The molecule has 0 fully saturated rings. The molecule has 0 atom stereocenters. The SMILES string of the molecule is Clc1cnccc1COc1ccc(Br)cc1. The van der Waals surface area contributed by atoms with Crippen LogP contribution in [-0.2, 0) is 6.61 Å². The first-order valence-electron chi connectivity index (χ1n) is 4.72. The Morgan fingerprint density at radius 2 is 1.94 bits per heavy atom. The van der Waals surface area contributed by atoms with E-state index in [2.05, 4.69) is 20.9 Å². The molecule has 16 heavy (non-hydrogen) atoms. The van der Waals surface area contributed by atoms with E-state index in [9.17, 15) is 0 Å². The van der Waals surface area contributed by atoms with E-state index in [4.69, 9.17) is 16.3 Å². The van der Waals surface area contributed by atoms with Crippen molar-refractivity contribution in [2.75, 3.05) is 0 Å². The lowest BCUT2D eigenvalue weighted by Crippen LogP contribution is -1.96. The summed E-state index contributed by atoms with van der Waals surface area (Å²) in [6.07, 6.45) is 3.31. The minimum absolute atomic E-state index is 0.447. The lowest BCUT2D eigenvalue weighted by Gasteiger charge is -2.07. The van der Waals surface area contributed by atoms with Crippen LogP contribution >= 0.6 is 27.5 Å². The first-order valence-corrected chi connectivity index (χ1v) is 5.89. The quantitative estimate of drug-likeness (QED) is 0.852. The van der Waals surface area contributed by atoms with Crippen LogP contribution in [0.1, 0.15) is 5.56 Å². The van der Waals surface area contributed by atoms with Crippen molar-refractivity contribution in [2.24, 2.45) is 0 Å². The molecule has 0 aliphatic rings. The van der Waals surface area contributed by atoms with E-state index in [1.807, 2.05) is 30.3 Å². The van der Waals surface area contributed by atoms with Crippen LogP contribution in [0, 0.1) is 0 Å². The van der Waals surface area contributed by atoms with E-state index in [0.717, 1.165) is 15.8 Å². The van der Waals surface area contributed by atoms with Crippen LogP contribution in [0.4, 0.5) is 0 Å². The van der Waals surface area contributed by atoms with Gasteiger partial charge < -0.3 is 4.74 Å². The summed E-state index contributed by atoms with van der Waals surface area (Å²) in [6, 6.07) is 9.52. The largest absolute Gasteiger partial charge is 0.489 e. The first-order chi connectivity index (χ1) is 7.75. The molecular weight excluding hydrogens is 289 g/mol. The van der Waals surface area contributed by atoms with Crippen molar-refractivity contribution in [3.63, 3.8) is 0 Å². The Kier molecular flexibility index (Phi) is 3.80. The maximum Gasteiger partial charge on any atom is 0.119 e. The maximum absolute atomic E-state index is 5.97. The molecular formula is C12H9BrClNO. The Morgan fingerprint density at radius 1 is 1.19 bits per heavy atom. The molecule has 0 saturated heterocycles. The summed E-state index contributed by atoms with van der Waals surface area (Å²) in [5, 5.41) is 0.625. The van der Waals surface area contributed by atoms with Crippen LogP contribution < -0.4 is 4.74 Å². The predicted octanol–water partition coefficient (Wildman–Crippen LogP) is 4.08. The number of halogens is 2. The van der Waals surface area contributed by atoms with E-state index in [0.29, 0.717) is 11.6 Å². The Balaban J connectivity index is 2.02.